The van der Waals surface area contributed by atoms with E-state index in [-0.39, 0.29) is 12.5 Å². The molecule has 1 amide bonds. The molecule has 0 bridgehead atoms. The summed E-state index contributed by atoms with van der Waals surface area (Å²) in [7, 11) is 0. The van der Waals surface area contributed by atoms with Crippen molar-refractivity contribution in [2.45, 2.75) is 38.5 Å². The third-order valence-corrected chi connectivity index (χ3v) is 5.92. The fraction of sp³-hybridized carbons (Fsp3) is 0.400. The summed E-state index contributed by atoms with van der Waals surface area (Å²) >= 11 is 0. The minimum atomic E-state index is -0.585. The van der Waals surface area contributed by atoms with E-state index >= 15 is 0 Å². The average molecular weight is 350 g/mol. The molecule has 0 fully saturated rings. The molecule has 3 N–H and O–H groups in total. The average Bonchev–Trinajstić information content (AvgIpc) is 3.23. The van der Waals surface area contributed by atoms with E-state index < -0.39 is 5.41 Å². The van der Waals surface area contributed by atoms with Gasteiger partial charge in [-0.05, 0) is 61.9 Å². The Morgan fingerprint density at radius 2 is 2.15 bits per heavy atom. The van der Waals surface area contributed by atoms with Gasteiger partial charge in [0.05, 0.1) is 17.7 Å². The highest BCUT2D eigenvalue weighted by atomic mass is 16.3. The van der Waals surface area contributed by atoms with Crippen LogP contribution in [-0.2, 0) is 23.1 Å². The third-order valence-electron chi connectivity index (χ3n) is 5.92. The first-order chi connectivity index (χ1) is 12.5. The van der Waals surface area contributed by atoms with E-state index in [1.807, 2.05) is 20.0 Å². The zero-order valence-corrected chi connectivity index (χ0v) is 15.0. The third kappa shape index (κ3) is 1.90. The summed E-state index contributed by atoms with van der Waals surface area (Å²) in [4.78, 5) is 18.1. The molecule has 0 saturated carbocycles. The molecule has 5 rings (SSSR count). The van der Waals surface area contributed by atoms with Gasteiger partial charge in [-0.15, -0.1) is 0 Å². The number of nitrogens with zero attached hydrogens (tertiary/aromatic N) is 2. The van der Waals surface area contributed by atoms with E-state index in [2.05, 4.69) is 27.3 Å². The van der Waals surface area contributed by atoms with Gasteiger partial charge in [-0.2, -0.15) is 5.10 Å². The second-order valence-electron chi connectivity index (χ2n) is 7.81. The standard InChI is InChI=1S/C20H22N4O2/c1-20(2)14-9-15-13(8-16(14)24(6-7-25)19(20)26)12-5-3-4-11-10-21-23-17(11)18(12)22-15/h8-10,22,25H,3-7H2,1-2H3,(H,21,23). The highest BCUT2D eigenvalue weighted by Gasteiger charge is 2.44. The van der Waals surface area contributed by atoms with Gasteiger partial charge in [0, 0.05) is 29.3 Å². The number of aromatic amines is 2. The second-order valence-corrected chi connectivity index (χ2v) is 7.81. The summed E-state index contributed by atoms with van der Waals surface area (Å²) in [6, 6.07) is 4.24. The predicted molar refractivity (Wildman–Crippen MR) is 100 cm³/mol. The molecule has 134 valence electrons. The van der Waals surface area contributed by atoms with E-state index in [0.29, 0.717) is 6.54 Å². The molecule has 2 aliphatic rings. The van der Waals surface area contributed by atoms with Gasteiger partial charge >= 0.3 is 0 Å². The van der Waals surface area contributed by atoms with Gasteiger partial charge in [0.2, 0.25) is 5.91 Å². The van der Waals surface area contributed by atoms with Crippen LogP contribution < -0.4 is 4.90 Å². The molecule has 26 heavy (non-hydrogen) atoms. The first-order valence-electron chi connectivity index (χ1n) is 9.17. The van der Waals surface area contributed by atoms with Crippen molar-refractivity contribution >= 4 is 22.5 Å². The number of H-pyrrole nitrogens is 2. The number of carbonyl (C=O) groups excluding carboxylic acids is 1. The van der Waals surface area contributed by atoms with Gasteiger partial charge in [0.1, 0.15) is 5.69 Å². The lowest BCUT2D eigenvalue weighted by molar-refractivity contribution is -0.122. The van der Waals surface area contributed by atoms with Crippen LogP contribution in [0.15, 0.2) is 18.3 Å². The number of amides is 1. The number of aromatic nitrogens is 3. The molecule has 1 aliphatic heterocycles. The van der Waals surface area contributed by atoms with Crippen LogP contribution in [-0.4, -0.2) is 39.3 Å². The summed E-state index contributed by atoms with van der Waals surface area (Å²) in [6.45, 7) is 4.20. The van der Waals surface area contributed by atoms with Crippen LogP contribution in [0.4, 0.5) is 5.69 Å². The Kier molecular flexibility index (Phi) is 3.13. The molecule has 3 heterocycles. The van der Waals surface area contributed by atoms with E-state index in [4.69, 9.17) is 0 Å². The summed E-state index contributed by atoms with van der Waals surface area (Å²) in [5.74, 6) is 0.0508. The monoisotopic (exact) mass is 350 g/mol. The van der Waals surface area contributed by atoms with Gasteiger partial charge in [0.25, 0.3) is 0 Å². The predicted octanol–water partition coefficient (Wildman–Crippen LogP) is 2.66. The van der Waals surface area contributed by atoms with Crippen molar-refractivity contribution in [1.82, 2.24) is 15.2 Å². The van der Waals surface area contributed by atoms with Crippen molar-refractivity contribution < 1.29 is 9.90 Å². The minimum absolute atomic E-state index is 0.0405. The molecule has 0 saturated heterocycles. The Morgan fingerprint density at radius 3 is 2.96 bits per heavy atom. The number of β-amino-alcohol motifs (C(OH)–C–C–N with tert-alkyl or cyclic N) is 1. The topological polar surface area (TPSA) is 85.0 Å². The zero-order chi connectivity index (χ0) is 18.1. The number of aryl methyl sites for hydroxylation is 2. The SMILES string of the molecule is CC1(C)C(=O)N(CCO)c2cc3c4c([nH]c3cc21)-c1n[nH]cc1CCC4. The van der Waals surface area contributed by atoms with Crippen molar-refractivity contribution in [3.05, 3.63) is 35.0 Å². The molecular formula is C20H22N4O2. The quantitative estimate of drug-likeness (QED) is 0.664. The zero-order valence-electron chi connectivity index (χ0n) is 15.0. The molecule has 0 radical (unpaired) electrons. The van der Waals surface area contributed by atoms with E-state index in [1.54, 1.807) is 4.90 Å². The van der Waals surface area contributed by atoms with Crippen molar-refractivity contribution in [3.8, 4) is 11.4 Å². The summed E-state index contributed by atoms with van der Waals surface area (Å²) < 4.78 is 0. The Bertz CT molecular complexity index is 1040. The smallest absolute Gasteiger partial charge is 0.237 e. The number of hydrogen-bond donors (Lipinski definition) is 3. The van der Waals surface area contributed by atoms with E-state index in [1.165, 1.54) is 11.1 Å². The highest BCUT2D eigenvalue weighted by Crippen LogP contribution is 2.45. The number of fused-ring (bicyclic) bond motifs is 6. The van der Waals surface area contributed by atoms with Gasteiger partial charge in [-0.3, -0.25) is 9.89 Å². The Morgan fingerprint density at radius 1 is 1.31 bits per heavy atom. The maximum absolute atomic E-state index is 12.8. The number of anilines is 1. The second kappa shape index (κ2) is 5.20. The Balaban J connectivity index is 1.77. The molecule has 1 aromatic carbocycles. The van der Waals surface area contributed by atoms with Gasteiger partial charge < -0.3 is 15.0 Å². The molecule has 6 heteroatoms. The summed E-state index contributed by atoms with van der Waals surface area (Å²) in [6.07, 6.45) is 5.07. The lowest BCUT2D eigenvalue weighted by Gasteiger charge is -2.19. The lowest BCUT2D eigenvalue weighted by Crippen LogP contribution is -2.37. The maximum atomic E-state index is 12.8. The number of carbonyl (C=O) groups is 1. The molecule has 2 aromatic heterocycles. The normalized spacial score (nSPS) is 18.0. The summed E-state index contributed by atoms with van der Waals surface area (Å²) in [5.41, 5.74) is 7.04. The number of hydrogen-bond acceptors (Lipinski definition) is 3. The molecule has 6 nitrogen and oxygen atoms in total. The molecule has 3 aromatic rings. The molecule has 0 unspecified atom stereocenters. The van der Waals surface area contributed by atoms with Gasteiger partial charge in [-0.25, -0.2) is 0 Å². The highest BCUT2D eigenvalue weighted by molar-refractivity contribution is 6.10. The number of rotatable bonds is 2. The molecule has 0 atom stereocenters. The van der Waals surface area contributed by atoms with E-state index in [9.17, 15) is 9.90 Å². The van der Waals surface area contributed by atoms with Crippen LogP contribution in [0.1, 0.15) is 37.0 Å². The molecule has 1 aliphatic carbocycles. The van der Waals surface area contributed by atoms with Crippen molar-refractivity contribution in [2.24, 2.45) is 0 Å². The van der Waals surface area contributed by atoms with Crippen LogP contribution in [0.3, 0.4) is 0 Å². The Labute approximate surface area is 151 Å². The minimum Gasteiger partial charge on any atom is -0.395 e. The fourth-order valence-corrected chi connectivity index (χ4v) is 4.53. The lowest BCUT2D eigenvalue weighted by atomic mass is 9.85. The van der Waals surface area contributed by atoms with Crippen LogP contribution in [0.5, 0.6) is 0 Å². The van der Waals surface area contributed by atoms with Crippen LogP contribution in [0.25, 0.3) is 22.3 Å². The maximum Gasteiger partial charge on any atom is 0.237 e. The number of nitrogens with one attached hydrogen (secondary N) is 2. The van der Waals surface area contributed by atoms with Crippen LogP contribution in [0.2, 0.25) is 0 Å². The number of aliphatic hydroxyl groups excluding tert-OH is 1. The van der Waals surface area contributed by atoms with Crippen LogP contribution in [0, 0.1) is 0 Å². The molecule has 0 spiro atoms. The largest absolute Gasteiger partial charge is 0.395 e. The first kappa shape index (κ1) is 15.6. The number of aliphatic hydroxyl groups is 1. The van der Waals surface area contributed by atoms with Gasteiger partial charge in [-0.1, -0.05) is 0 Å². The number of benzene rings is 1. The Hall–Kier alpha value is -2.60. The summed E-state index contributed by atoms with van der Waals surface area (Å²) in [5, 5.41) is 18.0. The van der Waals surface area contributed by atoms with E-state index in [0.717, 1.165) is 52.8 Å². The van der Waals surface area contributed by atoms with Crippen LogP contribution >= 0.6 is 0 Å². The fourth-order valence-electron chi connectivity index (χ4n) is 4.53. The van der Waals surface area contributed by atoms with Gasteiger partial charge in [0.15, 0.2) is 0 Å². The molecular weight excluding hydrogens is 328 g/mol. The van der Waals surface area contributed by atoms with Crippen molar-refractivity contribution in [3.63, 3.8) is 0 Å². The van der Waals surface area contributed by atoms with Crippen molar-refractivity contribution in [1.29, 1.82) is 0 Å². The first-order valence-corrected chi connectivity index (χ1v) is 9.17. The van der Waals surface area contributed by atoms with Crippen molar-refractivity contribution in [2.75, 3.05) is 18.1 Å².